The molecule has 2 fully saturated rings. The summed E-state index contributed by atoms with van der Waals surface area (Å²) in [5, 5.41) is 42.2. The van der Waals surface area contributed by atoms with Crippen LogP contribution in [0, 0.1) is 30.6 Å². The van der Waals surface area contributed by atoms with Crippen molar-refractivity contribution in [2.24, 2.45) is 23.7 Å². The Bertz CT molecular complexity index is 1160. The van der Waals surface area contributed by atoms with Crippen molar-refractivity contribution >= 4 is 17.4 Å². The highest BCUT2D eigenvalue weighted by atomic mass is 16.6. The van der Waals surface area contributed by atoms with Crippen LogP contribution in [-0.2, 0) is 20.7 Å². The lowest BCUT2D eigenvalue weighted by atomic mass is 9.76. The standard InChI is InChI=1S/C34H55NO8/c1-9-23(31-20(6)17-34(11-3,43-31)26-14-15-33(41,10-2)22(8)42-26)30(38)21(7)28(36)18(4)12-13-24-25(35)16-19(5)29(37)27(24)32(39)40/h16,18,20-23,26,28,31,36-37,41H,9-15,17,35H2,1-8H3,(H,39,40). The zero-order valence-corrected chi connectivity index (χ0v) is 27.4. The molecule has 9 nitrogen and oxygen atoms in total. The van der Waals surface area contributed by atoms with Crippen LogP contribution < -0.4 is 5.73 Å². The highest BCUT2D eigenvalue weighted by Gasteiger charge is 2.55. The van der Waals surface area contributed by atoms with Crippen LogP contribution in [0.15, 0.2) is 6.07 Å². The third-order valence-electron chi connectivity index (χ3n) is 10.8. The van der Waals surface area contributed by atoms with Gasteiger partial charge in [0.25, 0.3) is 0 Å². The van der Waals surface area contributed by atoms with Gasteiger partial charge in [-0.1, -0.05) is 41.5 Å². The first-order chi connectivity index (χ1) is 20.1. The number of hydrogen-bond acceptors (Lipinski definition) is 8. The number of carbonyl (C=O) groups excluding carboxylic acids is 1. The smallest absolute Gasteiger partial charge is 0.339 e. The Hall–Kier alpha value is -2.20. The van der Waals surface area contributed by atoms with E-state index in [1.807, 2.05) is 27.7 Å². The highest BCUT2D eigenvalue weighted by Crippen LogP contribution is 2.48. The predicted molar refractivity (Wildman–Crippen MR) is 166 cm³/mol. The molecule has 6 N–H and O–H groups in total. The van der Waals surface area contributed by atoms with E-state index in [9.17, 15) is 30.0 Å². The molecule has 9 heteroatoms. The number of aromatic carboxylic acids is 1. The third-order valence-corrected chi connectivity index (χ3v) is 10.8. The molecular formula is C34H55NO8. The number of hydrogen-bond donors (Lipinski definition) is 5. The number of nitrogen functional groups attached to an aromatic ring is 1. The second-order valence-corrected chi connectivity index (χ2v) is 13.4. The second-order valence-electron chi connectivity index (χ2n) is 13.4. The van der Waals surface area contributed by atoms with Crippen LogP contribution in [0.5, 0.6) is 5.75 Å². The first-order valence-corrected chi connectivity index (χ1v) is 16.2. The van der Waals surface area contributed by atoms with Crippen molar-refractivity contribution in [2.45, 2.75) is 142 Å². The lowest BCUT2D eigenvalue weighted by Crippen LogP contribution is -2.55. The number of benzene rings is 1. The summed E-state index contributed by atoms with van der Waals surface area (Å²) >= 11 is 0. The molecule has 43 heavy (non-hydrogen) atoms. The number of rotatable bonds is 13. The molecule has 244 valence electrons. The van der Waals surface area contributed by atoms with Gasteiger partial charge in [0.1, 0.15) is 17.1 Å². The largest absolute Gasteiger partial charge is 0.507 e. The molecule has 0 bridgehead atoms. The molecule has 0 aliphatic carbocycles. The maximum atomic E-state index is 13.9. The van der Waals surface area contributed by atoms with Crippen LogP contribution in [0.25, 0.3) is 0 Å². The first kappa shape index (κ1) is 35.3. The Balaban J connectivity index is 1.71. The van der Waals surface area contributed by atoms with Gasteiger partial charge in [0, 0.05) is 17.5 Å². The van der Waals surface area contributed by atoms with Gasteiger partial charge in [-0.3, -0.25) is 4.79 Å². The van der Waals surface area contributed by atoms with Gasteiger partial charge in [-0.25, -0.2) is 4.79 Å². The Kier molecular flexibility index (Phi) is 11.4. The molecular weight excluding hydrogens is 550 g/mol. The number of ketones is 1. The molecule has 1 aromatic carbocycles. The number of ether oxygens (including phenoxy) is 2. The van der Waals surface area contributed by atoms with Gasteiger partial charge >= 0.3 is 5.97 Å². The van der Waals surface area contributed by atoms with E-state index in [0.717, 1.165) is 12.8 Å². The number of phenols is 1. The predicted octanol–water partition coefficient (Wildman–Crippen LogP) is 5.42. The van der Waals surface area contributed by atoms with Crippen molar-refractivity contribution in [1.29, 1.82) is 0 Å². The van der Waals surface area contributed by atoms with Gasteiger partial charge < -0.3 is 35.6 Å². The molecule has 0 aromatic heterocycles. The SMILES string of the molecule is CCC(C(=O)C(C)C(O)C(C)CCc1c(N)cc(C)c(O)c1C(=O)O)C1OC(CC)(C2CCC(O)(CC)C(C)O2)CC1C. The van der Waals surface area contributed by atoms with E-state index in [-0.39, 0.29) is 59.4 Å². The summed E-state index contributed by atoms with van der Waals surface area (Å²) in [7, 11) is 0. The van der Waals surface area contributed by atoms with Gasteiger partial charge in [0.05, 0.1) is 35.6 Å². The molecule has 0 radical (unpaired) electrons. The maximum absolute atomic E-state index is 13.9. The van der Waals surface area contributed by atoms with Crippen LogP contribution in [0.4, 0.5) is 5.69 Å². The van der Waals surface area contributed by atoms with E-state index >= 15 is 0 Å². The summed E-state index contributed by atoms with van der Waals surface area (Å²) in [5.41, 5.74) is 5.56. The topological polar surface area (TPSA) is 160 Å². The number of aryl methyl sites for hydroxylation is 1. The number of anilines is 1. The summed E-state index contributed by atoms with van der Waals surface area (Å²) in [6.07, 6.45) is 2.99. The fourth-order valence-corrected chi connectivity index (χ4v) is 7.62. The lowest BCUT2D eigenvalue weighted by Gasteiger charge is -2.47. The van der Waals surface area contributed by atoms with Crippen molar-refractivity contribution in [3.05, 3.63) is 22.8 Å². The number of carboxylic acids is 1. The van der Waals surface area contributed by atoms with Crippen molar-refractivity contribution in [2.75, 3.05) is 5.73 Å². The number of aliphatic hydroxyl groups excluding tert-OH is 1. The van der Waals surface area contributed by atoms with Gasteiger partial charge in [-0.2, -0.15) is 0 Å². The minimum absolute atomic E-state index is 0.0392. The molecule has 0 amide bonds. The molecule has 10 unspecified atom stereocenters. The molecule has 2 aliphatic rings. The van der Waals surface area contributed by atoms with Gasteiger partial charge in [0.2, 0.25) is 0 Å². The molecule has 10 atom stereocenters. The number of aliphatic hydroxyl groups is 2. The molecule has 2 aliphatic heterocycles. The minimum Gasteiger partial charge on any atom is -0.507 e. The number of nitrogens with two attached hydrogens (primary N) is 1. The first-order valence-electron chi connectivity index (χ1n) is 16.2. The summed E-state index contributed by atoms with van der Waals surface area (Å²) in [4.78, 5) is 25.8. The van der Waals surface area contributed by atoms with Crippen molar-refractivity contribution in [3.63, 3.8) is 0 Å². The molecule has 0 saturated carbocycles. The average molecular weight is 606 g/mol. The summed E-state index contributed by atoms with van der Waals surface area (Å²) in [6.45, 7) is 15.3. The Labute approximate surface area is 257 Å². The molecule has 3 rings (SSSR count). The van der Waals surface area contributed by atoms with Crippen molar-refractivity contribution < 1.29 is 39.5 Å². The van der Waals surface area contributed by atoms with E-state index in [4.69, 9.17) is 15.2 Å². The summed E-state index contributed by atoms with van der Waals surface area (Å²) in [5.74, 6) is -2.85. The lowest BCUT2D eigenvalue weighted by molar-refractivity contribution is -0.229. The summed E-state index contributed by atoms with van der Waals surface area (Å²) < 4.78 is 13.2. The van der Waals surface area contributed by atoms with Gasteiger partial charge in [-0.05, 0) is 94.2 Å². The van der Waals surface area contributed by atoms with Gasteiger partial charge in [-0.15, -0.1) is 0 Å². The number of Topliss-reactive ketones (excluding diaryl/α,β-unsaturated/α-hetero) is 1. The highest BCUT2D eigenvalue weighted by molar-refractivity contribution is 5.95. The zero-order valence-electron chi connectivity index (χ0n) is 27.4. The van der Waals surface area contributed by atoms with Crippen molar-refractivity contribution in [1.82, 2.24) is 0 Å². The Morgan fingerprint density at radius 2 is 1.81 bits per heavy atom. The van der Waals surface area contributed by atoms with E-state index < -0.39 is 35.1 Å². The Morgan fingerprint density at radius 1 is 1.16 bits per heavy atom. The molecule has 2 heterocycles. The number of aromatic hydroxyl groups is 1. The molecule has 1 aromatic rings. The van der Waals surface area contributed by atoms with Crippen molar-refractivity contribution in [3.8, 4) is 5.75 Å². The summed E-state index contributed by atoms with van der Waals surface area (Å²) in [6, 6.07) is 1.55. The Morgan fingerprint density at radius 3 is 2.35 bits per heavy atom. The van der Waals surface area contributed by atoms with Crippen LogP contribution in [0.3, 0.4) is 0 Å². The third kappa shape index (κ3) is 6.90. The quantitative estimate of drug-likeness (QED) is 0.146. The fraction of sp³-hybridized carbons (Fsp3) is 0.765. The number of carbonyl (C=O) groups is 2. The normalized spacial score (nSPS) is 32.2. The average Bonchev–Trinajstić information content (AvgIpc) is 3.31. The van der Waals surface area contributed by atoms with E-state index in [1.165, 1.54) is 0 Å². The number of carboxylic acid groups (broad SMARTS) is 1. The van der Waals surface area contributed by atoms with Crippen LogP contribution in [0.1, 0.15) is 115 Å². The van der Waals surface area contributed by atoms with Gasteiger partial charge in [0.15, 0.2) is 0 Å². The fourth-order valence-electron chi connectivity index (χ4n) is 7.62. The molecule has 0 spiro atoms. The second kappa shape index (κ2) is 13.8. The van der Waals surface area contributed by atoms with E-state index in [2.05, 4.69) is 13.8 Å². The monoisotopic (exact) mass is 605 g/mol. The zero-order chi connectivity index (χ0) is 32.4. The van der Waals surface area contributed by atoms with E-state index in [0.29, 0.717) is 43.2 Å². The van der Waals surface area contributed by atoms with Crippen LogP contribution in [-0.4, -0.2) is 67.8 Å². The van der Waals surface area contributed by atoms with Crippen LogP contribution >= 0.6 is 0 Å². The van der Waals surface area contributed by atoms with E-state index in [1.54, 1.807) is 19.9 Å². The molecule has 2 saturated heterocycles. The minimum atomic E-state index is -1.26. The maximum Gasteiger partial charge on any atom is 0.339 e. The van der Waals surface area contributed by atoms with Crippen LogP contribution in [0.2, 0.25) is 0 Å².